The van der Waals surface area contributed by atoms with E-state index in [4.69, 9.17) is 0 Å². The van der Waals surface area contributed by atoms with E-state index in [0.29, 0.717) is 10.7 Å². The van der Waals surface area contributed by atoms with Gasteiger partial charge in [-0.1, -0.05) is 19.1 Å². The number of likely N-dealkylation sites (tertiary alicyclic amines) is 1. The largest absolute Gasteiger partial charge is 0.298 e. The topological polar surface area (TPSA) is 45.2 Å². The van der Waals surface area contributed by atoms with E-state index in [1.165, 1.54) is 29.7 Å². The molecule has 25 heavy (non-hydrogen) atoms. The number of nitrogens with one attached hydrogen (secondary N) is 1. The molecule has 1 aliphatic rings. The van der Waals surface area contributed by atoms with Gasteiger partial charge in [-0.25, -0.2) is 4.98 Å². The summed E-state index contributed by atoms with van der Waals surface area (Å²) in [5, 5.41) is 5.65. The van der Waals surface area contributed by atoms with Crippen LogP contribution in [0, 0.1) is 5.92 Å². The molecule has 0 spiro atoms. The molecule has 134 valence electrons. The number of nitrogens with zero attached hydrogens (tertiary/aromatic N) is 2. The summed E-state index contributed by atoms with van der Waals surface area (Å²) >= 11 is 3.28. The number of rotatable bonds is 6. The highest BCUT2D eigenvalue weighted by atomic mass is 32.2. The van der Waals surface area contributed by atoms with Crippen LogP contribution >= 0.6 is 23.1 Å². The van der Waals surface area contributed by atoms with E-state index < -0.39 is 0 Å². The van der Waals surface area contributed by atoms with Gasteiger partial charge in [-0.3, -0.25) is 15.0 Å². The minimum Gasteiger partial charge on any atom is -0.298 e. The van der Waals surface area contributed by atoms with Gasteiger partial charge in [-0.15, -0.1) is 11.3 Å². The number of hydrogen-bond acceptors (Lipinski definition) is 5. The molecule has 1 aliphatic heterocycles. The Morgan fingerprint density at radius 2 is 2.20 bits per heavy atom. The summed E-state index contributed by atoms with van der Waals surface area (Å²) in [7, 11) is 0. The lowest BCUT2D eigenvalue weighted by atomic mass is 10.0. The van der Waals surface area contributed by atoms with Gasteiger partial charge in [0.1, 0.15) is 0 Å². The summed E-state index contributed by atoms with van der Waals surface area (Å²) in [6.45, 7) is 5.47. The predicted octanol–water partition coefficient (Wildman–Crippen LogP) is 4.49. The van der Waals surface area contributed by atoms with Crippen LogP contribution in [0.25, 0.3) is 0 Å². The van der Waals surface area contributed by atoms with Gasteiger partial charge in [0.25, 0.3) is 5.91 Å². The average Bonchev–Trinajstić information content (AvgIpc) is 3.02. The van der Waals surface area contributed by atoms with Crippen molar-refractivity contribution in [3.63, 3.8) is 0 Å². The molecule has 1 unspecified atom stereocenters. The molecule has 1 amide bonds. The lowest BCUT2D eigenvalue weighted by Crippen LogP contribution is -2.33. The first-order valence-electron chi connectivity index (χ1n) is 8.70. The first-order chi connectivity index (χ1) is 12.1. The molecule has 1 N–H and O–H groups in total. The lowest BCUT2D eigenvalue weighted by molar-refractivity contribution is 0.102. The minimum absolute atomic E-state index is 0.0943. The second-order valence-electron chi connectivity index (χ2n) is 6.71. The fourth-order valence-corrected chi connectivity index (χ4v) is 4.41. The minimum atomic E-state index is -0.0943. The molecule has 1 aromatic heterocycles. The Hall–Kier alpha value is -1.37. The number of aromatic nitrogens is 1. The molecule has 0 aliphatic carbocycles. The van der Waals surface area contributed by atoms with Crippen LogP contribution in [-0.4, -0.2) is 35.1 Å². The van der Waals surface area contributed by atoms with Gasteiger partial charge in [0, 0.05) is 29.8 Å². The van der Waals surface area contributed by atoms with Crippen LogP contribution in [0.2, 0.25) is 0 Å². The normalized spacial score (nSPS) is 18.2. The molecule has 1 saturated heterocycles. The van der Waals surface area contributed by atoms with Crippen LogP contribution < -0.4 is 5.32 Å². The summed E-state index contributed by atoms with van der Waals surface area (Å²) in [4.78, 5) is 19.4. The van der Waals surface area contributed by atoms with Crippen molar-refractivity contribution in [3.8, 4) is 0 Å². The van der Waals surface area contributed by atoms with Gasteiger partial charge < -0.3 is 0 Å². The van der Waals surface area contributed by atoms with Crippen LogP contribution in [0.3, 0.4) is 0 Å². The highest BCUT2D eigenvalue weighted by Crippen LogP contribution is 2.21. The van der Waals surface area contributed by atoms with Crippen LogP contribution in [-0.2, 0) is 12.3 Å². The van der Waals surface area contributed by atoms with Gasteiger partial charge in [0.15, 0.2) is 5.13 Å². The molecule has 2 heterocycles. The molecule has 0 saturated carbocycles. The Kier molecular flexibility index (Phi) is 6.51. The van der Waals surface area contributed by atoms with Gasteiger partial charge in [0.2, 0.25) is 0 Å². The zero-order valence-corrected chi connectivity index (χ0v) is 16.5. The van der Waals surface area contributed by atoms with E-state index in [2.05, 4.69) is 33.8 Å². The number of hydrogen-bond donors (Lipinski definition) is 1. The first kappa shape index (κ1) is 18.4. The van der Waals surface area contributed by atoms with E-state index in [-0.39, 0.29) is 5.91 Å². The number of thiazole rings is 1. The summed E-state index contributed by atoms with van der Waals surface area (Å²) < 4.78 is 0. The Morgan fingerprint density at radius 1 is 1.40 bits per heavy atom. The fraction of sp³-hybridized carbons (Fsp3) is 0.474. The highest BCUT2D eigenvalue weighted by molar-refractivity contribution is 7.97. The zero-order chi connectivity index (χ0) is 17.6. The maximum absolute atomic E-state index is 12.4. The summed E-state index contributed by atoms with van der Waals surface area (Å²) in [5.74, 6) is 1.64. The van der Waals surface area contributed by atoms with E-state index >= 15 is 0 Å². The van der Waals surface area contributed by atoms with Gasteiger partial charge in [-0.2, -0.15) is 11.8 Å². The standard InChI is InChI=1S/C19H25N3OS2/c1-14-4-3-9-22(10-14)11-17-13-25-19(20-17)21-18(23)16-7-5-15(6-8-16)12-24-2/h5-8,13-14H,3-4,9-12H2,1-2H3,(H,20,21,23). The molecular formula is C19H25N3OS2. The number of piperidine rings is 1. The van der Waals surface area contributed by atoms with Crippen molar-refractivity contribution in [1.82, 2.24) is 9.88 Å². The fourth-order valence-electron chi connectivity index (χ4n) is 3.18. The quantitative estimate of drug-likeness (QED) is 0.808. The third-order valence-electron chi connectivity index (χ3n) is 4.43. The molecule has 2 aromatic rings. The molecule has 1 atom stereocenters. The zero-order valence-electron chi connectivity index (χ0n) is 14.8. The Labute approximate surface area is 158 Å². The Bertz CT molecular complexity index is 699. The van der Waals surface area contributed by atoms with Crippen molar-refractivity contribution in [2.24, 2.45) is 5.92 Å². The number of carbonyl (C=O) groups excluding carboxylic acids is 1. The maximum atomic E-state index is 12.4. The van der Waals surface area contributed by atoms with Gasteiger partial charge in [0.05, 0.1) is 5.69 Å². The summed E-state index contributed by atoms with van der Waals surface area (Å²) in [6, 6.07) is 7.78. The number of thioether (sulfide) groups is 1. The van der Waals surface area contributed by atoms with Crippen LogP contribution in [0.5, 0.6) is 0 Å². The molecule has 0 bridgehead atoms. The number of benzene rings is 1. The van der Waals surface area contributed by atoms with E-state index in [0.717, 1.165) is 37.0 Å². The van der Waals surface area contributed by atoms with Crippen LogP contribution in [0.4, 0.5) is 5.13 Å². The first-order valence-corrected chi connectivity index (χ1v) is 11.0. The van der Waals surface area contributed by atoms with E-state index in [1.54, 1.807) is 11.8 Å². The van der Waals surface area contributed by atoms with Crippen LogP contribution in [0.1, 0.15) is 41.4 Å². The molecule has 4 nitrogen and oxygen atoms in total. The van der Waals surface area contributed by atoms with E-state index in [9.17, 15) is 4.79 Å². The average molecular weight is 376 g/mol. The van der Waals surface area contributed by atoms with Crippen molar-refractivity contribution in [2.45, 2.75) is 32.1 Å². The number of anilines is 1. The third kappa shape index (κ3) is 5.30. The van der Waals surface area contributed by atoms with Crippen molar-refractivity contribution >= 4 is 34.1 Å². The monoisotopic (exact) mass is 375 g/mol. The molecular weight excluding hydrogens is 350 g/mol. The van der Waals surface area contributed by atoms with Crippen molar-refractivity contribution < 1.29 is 4.79 Å². The van der Waals surface area contributed by atoms with Gasteiger partial charge in [-0.05, 0) is 49.3 Å². The lowest BCUT2D eigenvalue weighted by Gasteiger charge is -2.30. The molecule has 0 radical (unpaired) electrons. The summed E-state index contributed by atoms with van der Waals surface area (Å²) in [5.41, 5.74) is 2.95. The molecule has 3 rings (SSSR count). The molecule has 1 fully saturated rings. The molecule has 6 heteroatoms. The van der Waals surface area contributed by atoms with Crippen LogP contribution in [0.15, 0.2) is 29.6 Å². The molecule has 1 aromatic carbocycles. The SMILES string of the molecule is CSCc1ccc(C(=O)Nc2nc(CN3CCCC(C)C3)cs2)cc1. The summed E-state index contributed by atoms with van der Waals surface area (Å²) in [6.07, 6.45) is 4.66. The van der Waals surface area contributed by atoms with Crippen molar-refractivity contribution in [2.75, 3.05) is 24.7 Å². The number of amides is 1. The smallest absolute Gasteiger partial charge is 0.257 e. The van der Waals surface area contributed by atoms with E-state index in [1.807, 2.05) is 24.3 Å². The van der Waals surface area contributed by atoms with Crippen molar-refractivity contribution in [3.05, 3.63) is 46.5 Å². The number of carbonyl (C=O) groups is 1. The second-order valence-corrected chi connectivity index (χ2v) is 8.43. The maximum Gasteiger partial charge on any atom is 0.257 e. The predicted molar refractivity (Wildman–Crippen MR) is 107 cm³/mol. The highest BCUT2D eigenvalue weighted by Gasteiger charge is 2.17. The van der Waals surface area contributed by atoms with Gasteiger partial charge >= 0.3 is 0 Å². The van der Waals surface area contributed by atoms with Crippen molar-refractivity contribution in [1.29, 1.82) is 0 Å². The Balaban J connectivity index is 1.56. The second kappa shape index (κ2) is 8.83. The Morgan fingerprint density at radius 3 is 2.92 bits per heavy atom. The third-order valence-corrected chi connectivity index (χ3v) is 5.85.